The minimum Gasteiger partial charge on any atom is -0.494 e. The number of aliphatic hydroxyl groups excluding tert-OH is 1. The molecule has 0 radical (unpaired) electrons. The first-order valence-corrected chi connectivity index (χ1v) is 17.0. The van der Waals surface area contributed by atoms with Crippen molar-refractivity contribution in [3.63, 3.8) is 0 Å². The van der Waals surface area contributed by atoms with Crippen molar-refractivity contribution in [3.8, 4) is 16.9 Å². The minimum absolute atomic E-state index is 0.265. The number of ether oxygens (including phenoxy) is 1. The molecule has 13 heteroatoms. The van der Waals surface area contributed by atoms with Crippen molar-refractivity contribution >= 4 is 69.0 Å². The predicted molar refractivity (Wildman–Crippen MR) is 177 cm³/mol. The molecule has 3 aromatic heterocycles. The molecule has 43 heavy (non-hydrogen) atoms. The highest BCUT2D eigenvalue weighted by molar-refractivity contribution is 9.10. The fourth-order valence-corrected chi connectivity index (χ4v) is 6.83. The number of aromatic nitrogens is 6. The molecule has 0 unspecified atom stereocenters. The highest BCUT2D eigenvalue weighted by Crippen LogP contribution is 2.41. The van der Waals surface area contributed by atoms with Crippen LogP contribution in [0.2, 0.25) is 0 Å². The number of nitrogens with one attached hydrogen (secondary N) is 2. The largest absolute Gasteiger partial charge is 0.494 e. The fourth-order valence-electron chi connectivity index (χ4n) is 5.33. The summed E-state index contributed by atoms with van der Waals surface area (Å²) in [5, 5.41) is 22.5. The lowest BCUT2D eigenvalue weighted by molar-refractivity contribution is 0.145. The molecule has 1 fully saturated rings. The van der Waals surface area contributed by atoms with Crippen LogP contribution in [-0.2, 0) is 7.05 Å². The normalized spacial score (nSPS) is 14.0. The molecule has 0 amide bonds. The van der Waals surface area contributed by atoms with Crippen LogP contribution >= 0.6 is 23.9 Å². The number of hydrogen-bond acceptors (Lipinski definition) is 10. The summed E-state index contributed by atoms with van der Waals surface area (Å²) in [5.41, 5.74) is 6.43. The summed E-state index contributed by atoms with van der Waals surface area (Å²) in [7, 11) is 3.07. The van der Waals surface area contributed by atoms with Gasteiger partial charge < -0.3 is 25.4 Å². The first-order chi connectivity index (χ1) is 20.8. The van der Waals surface area contributed by atoms with E-state index in [9.17, 15) is 5.11 Å². The topological polar surface area (TPSA) is 126 Å². The third-order valence-electron chi connectivity index (χ3n) is 7.44. The summed E-state index contributed by atoms with van der Waals surface area (Å²) in [6.45, 7) is 5.92. The number of benzene rings is 2. The summed E-state index contributed by atoms with van der Waals surface area (Å²) in [6.07, 6.45) is 10.2. The van der Waals surface area contributed by atoms with Crippen LogP contribution in [0.15, 0.2) is 59.7 Å². The lowest BCUT2D eigenvalue weighted by Gasteiger charge is -2.33. The van der Waals surface area contributed by atoms with Gasteiger partial charge in [-0.2, -0.15) is 10.1 Å². The number of anilines is 5. The first kappa shape index (κ1) is 29.2. The average Bonchev–Trinajstić information content (AvgIpc) is 3.44. The zero-order chi connectivity index (χ0) is 30.1. The van der Waals surface area contributed by atoms with Crippen molar-refractivity contribution in [2.45, 2.75) is 18.9 Å². The van der Waals surface area contributed by atoms with Crippen LogP contribution in [0.4, 0.5) is 28.8 Å². The number of hydrogen-bond donors (Lipinski definition) is 3. The van der Waals surface area contributed by atoms with Crippen LogP contribution in [0, 0.1) is 0 Å². The molecule has 0 spiro atoms. The number of fused-ring (bicyclic) bond motifs is 1. The molecule has 1 aliphatic heterocycles. The maximum absolute atomic E-state index is 10.1. The SMILES string of the molecule is COc1cc(N2CCC(O)CC2)c(-c2cnn(C)c2)cc1Nc1ncc(Br)c(Nc2ccc3nccnc3c2P(C)C)n1. The predicted octanol–water partition coefficient (Wildman–Crippen LogP) is 5.41. The van der Waals surface area contributed by atoms with E-state index in [1.54, 1.807) is 30.4 Å². The Labute approximate surface area is 259 Å². The summed E-state index contributed by atoms with van der Waals surface area (Å²) < 4.78 is 8.36. The van der Waals surface area contributed by atoms with Crippen LogP contribution in [0.1, 0.15) is 12.8 Å². The van der Waals surface area contributed by atoms with E-state index in [0.717, 1.165) is 74.9 Å². The van der Waals surface area contributed by atoms with E-state index in [-0.39, 0.29) is 6.10 Å². The molecule has 0 bridgehead atoms. The van der Waals surface area contributed by atoms with Gasteiger partial charge in [-0.3, -0.25) is 14.6 Å². The number of piperidine rings is 1. The maximum Gasteiger partial charge on any atom is 0.229 e. The molecular weight excluding hydrogens is 629 g/mol. The standard InChI is InChI=1S/C30H33BrN9O2P/c1-39-17-18(15-35-39)20-13-24(26(42-2)14-25(20)40-11-7-19(41)8-12-40)37-30-34-16-21(31)29(38-30)36-23-6-5-22-27(28(23)43(3)4)33-10-9-32-22/h5-6,9-10,13-17,19,41H,7-8,11-12H2,1-4H3,(H2,34,36,37,38). The third-order valence-corrected chi connectivity index (χ3v) is 9.37. The van der Waals surface area contributed by atoms with Gasteiger partial charge in [0.25, 0.3) is 0 Å². The van der Waals surface area contributed by atoms with Crippen LogP contribution < -0.4 is 25.6 Å². The van der Waals surface area contributed by atoms with E-state index in [1.807, 2.05) is 37.6 Å². The molecule has 1 saturated heterocycles. The van der Waals surface area contributed by atoms with Crippen molar-refractivity contribution < 1.29 is 9.84 Å². The summed E-state index contributed by atoms with van der Waals surface area (Å²) >= 11 is 3.62. The maximum atomic E-state index is 10.1. The number of halogens is 1. The minimum atomic E-state index is -0.492. The summed E-state index contributed by atoms with van der Waals surface area (Å²) in [6, 6.07) is 8.08. The third kappa shape index (κ3) is 6.13. The molecular formula is C30H33BrN9O2P. The van der Waals surface area contributed by atoms with Crippen LogP contribution in [0.3, 0.4) is 0 Å². The second-order valence-corrected chi connectivity index (χ2v) is 13.7. The van der Waals surface area contributed by atoms with Gasteiger partial charge in [0.05, 0.1) is 40.6 Å². The fraction of sp³-hybridized carbons (Fsp3) is 0.300. The highest BCUT2D eigenvalue weighted by Gasteiger charge is 2.23. The molecule has 0 aliphatic carbocycles. The monoisotopic (exact) mass is 661 g/mol. The van der Waals surface area contributed by atoms with Crippen LogP contribution in [0.5, 0.6) is 5.75 Å². The number of aryl methyl sites for hydroxylation is 1. The van der Waals surface area contributed by atoms with E-state index in [0.29, 0.717) is 17.5 Å². The second-order valence-electron chi connectivity index (χ2n) is 10.6. The van der Waals surface area contributed by atoms with Crippen molar-refractivity contribution in [2.75, 3.05) is 49.1 Å². The lowest BCUT2D eigenvalue weighted by Crippen LogP contribution is -2.36. The molecule has 5 aromatic rings. The van der Waals surface area contributed by atoms with Gasteiger partial charge in [0.1, 0.15) is 11.6 Å². The number of aliphatic hydroxyl groups is 1. The Morgan fingerprint density at radius 3 is 2.53 bits per heavy atom. The highest BCUT2D eigenvalue weighted by atomic mass is 79.9. The molecule has 6 rings (SSSR count). The molecule has 0 saturated carbocycles. The van der Waals surface area contributed by atoms with Gasteiger partial charge >= 0.3 is 0 Å². The van der Waals surface area contributed by atoms with Gasteiger partial charge in [-0.25, -0.2) is 4.98 Å². The van der Waals surface area contributed by atoms with E-state index in [2.05, 4.69) is 70.9 Å². The van der Waals surface area contributed by atoms with Gasteiger partial charge in [-0.1, -0.05) is 7.92 Å². The van der Waals surface area contributed by atoms with E-state index >= 15 is 0 Å². The Bertz CT molecular complexity index is 1770. The molecule has 11 nitrogen and oxygen atoms in total. The summed E-state index contributed by atoms with van der Waals surface area (Å²) in [4.78, 5) is 20.8. The van der Waals surface area contributed by atoms with Crippen LogP contribution in [0.25, 0.3) is 22.2 Å². The quantitative estimate of drug-likeness (QED) is 0.186. The molecule has 4 heterocycles. The number of nitrogens with zero attached hydrogens (tertiary/aromatic N) is 7. The van der Waals surface area contributed by atoms with Gasteiger partial charge in [0.2, 0.25) is 5.95 Å². The van der Waals surface area contributed by atoms with Gasteiger partial charge in [0, 0.05) is 78.8 Å². The number of methoxy groups -OCH3 is 1. The average molecular weight is 663 g/mol. The van der Waals surface area contributed by atoms with Gasteiger partial charge in [-0.05, 0) is 60.3 Å². The van der Waals surface area contributed by atoms with Gasteiger partial charge in [0.15, 0.2) is 0 Å². The smallest absolute Gasteiger partial charge is 0.229 e. The van der Waals surface area contributed by atoms with Crippen molar-refractivity contribution in [2.24, 2.45) is 7.05 Å². The van der Waals surface area contributed by atoms with Crippen LogP contribution in [-0.4, -0.2) is 74.5 Å². The van der Waals surface area contributed by atoms with Crippen molar-refractivity contribution in [1.29, 1.82) is 0 Å². The molecule has 1 aliphatic rings. The zero-order valence-corrected chi connectivity index (χ0v) is 26.9. The second kappa shape index (κ2) is 12.4. The van der Waals surface area contributed by atoms with Crippen molar-refractivity contribution in [3.05, 3.63) is 59.7 Å². The van der Waals surface area contributed by atoms with E-state index in [1.165, 1.54) is 0 Å². The first-order valence-electron chi connectivity index (χ1n) is 13.9. The lowest BCUT2D eigenvalue weighted by atomic mass is 10.0. The Balaban J connectivity index is 1.36. The molecule has 2 aromatic carbocycles. The number of rotatable bonds is 8. The van der Waals surface area contributed by atoms with Gasteiger partial charge in [-0.15, -0.1) is 0 Å². The molecule has 0 atom stereocenters. The van der Waals surface area contributed by atoms with E-state index < -0.39 is 7.92 Å². The Morgan fingerprint density at radius 2 is 1.81 bits per heavy atom. The Morgan fingerprint density at radius 1 is 1.02 bits per heavy atom. The van der Waals surface area contributed by atoms with Crippen molar-refractivity contribution in [1.82, 2.24) is 29.7 Å². The van der Waals surface area contributed by atoms with E-state index in [4.69, 9.17) is 9.72 Å². The Kier molecular flexibility index (Phi) is 8.43. The molecule has 3 N–H and O–H groups in total. The molecule has 222 valence electrons. The Hall–Kier alpha value is -3.86. The summed E-state index contributed by atoms with van der Waals surface area (Å²) in [5.74, 6) is 1.69. The zero-order valence-electron chi connectivity index (χ0n) is 24.4.